The second-order valence-electron chi connectivity index (χ2n) is 7.30. The van der Waals surface area contributed by atoms with Crippen molar-refractivity contribution in [2.24, 2.45) is 11.8 Å². The van der Waals surface area contributed by atoms with E-state index in [1.54, 1.807) is 6.20 Å². The number of hydrogen-bond donors (Lipinski definition) is 3. The van der Waals surface area contributed by atoms with Gasteiger partial charge in [0, 0.05) is 43.5 Å². The fraction of sp³-hybridized carbons (Fsp3) is 0.526. The van der Waals surface area contributed by atoms with E-state index in [1.807, 2.05) is 17.2 Å². The summed E-state index contributed by atoms with van der Waals surface area (Å²) in [6.45, 7) is 8.33. The molecule has 0 spiro atoms. The third-order valence-corrected chi connectivity index (χ3v) is 4.95. The van der Waals surface area contributed by atoms with Crippen LogP contribution in [-0.4, -0.2) is 46.6 Å². The van der Waals surface area contributed by atoms with Crippen molar-refractivity contribution < 1.29 is 4.79 Å². The molecule has 0 radical (unpaired) electrons. The van der Waals surface area contributed by atoms with Crippen LogP contribution < -0.4 is 10.6 Å². The molecule has 2 aromatic rings. The van der Waals surface area contributed by atoms with Gasteiger partial charge in [-0.05, 0) is 24.3 Å². The summed E-state index contributed by atoms with van der Waals surface area (Å²) in [7, 11) is 0. The van der Waals surface area contributed by atoms with Gasteiger partial charge in [0.2, 0.25) is 0 Å². The Morgan fingerprint density at radius 1 is 1.50 bits per heavy atom. The smallest absolute Gasteiger partial charge is 0.317 e. The largest absolute Gasteiger partial charge is 0.378 e. The van der Waals surface area contributed by atoms with Crippen LogP contribution in [0, 0.1) is 23.2 Å². The van der Waals surface area contributed by atoms with Gasteiger partial charge in [0.15, 0.2) is 0 Å². The number of carbonyl (C=O) groups is 1. The monoisotopic (exact) mass is 354 g/mol. The molecule has 7 heteroatoms. The van der Waals surface area contributed by atoms with Crippen LogP contribution in [0.3, 0.4) is 0 Å². The second kappa shape index (κ2) is 7.65. The summed E-state index contributed by atoms with van der Waals surface area (Å²) < 4.78 is 0. The number of anilines is 1. The van der Waals surface area contributed by atoms with Gasteiger partial charge in [-0.25, -0.2) is 9.78 Å². The fourth-order valence-electron chi connectivity index (χ4n) is 3.45. The van der Waals surface area contributed by atoms with Gasteiger partial charge in [-0.2, -0.15) is 5.26 Å². The lowest BCUT2D eigenvalue weighted by molar-refractivity contribution is 0.205. The van der Waals surface area contributed by atoms with Crippen LogP contribution in [0.2, 0.25) is 0 Å². The molecule has 1 aliphatic heterocycles. The van der Waals surface area contributed by atoms with E-state index in [9.17, 15) is 10.1 Å². The molecular weight excluding hydrogens is 328 g/mol. The summed E-state index contributed by atoms with van der Waals surface area (Å²) in [5.74, 6) is 0.767. The van der Waals surface area contributed by atoms with E-state index in [1.165, 1.54) is 0 Å². The minimum Gasteiger partial charge on any atom is -0.378 e. The Labute approximate surface area is 153 Å². The van der Waals surface area contributed by atoms with Crippen LogP contribution in [0.5, 0.6) is 0 Å². The molecule has 26 heavy (non-hydrogen) atoms. The second-order valence-corrected chi connectivity index (χ2v) is 7.30. The van der Waals surface area contributed by atoms with Gasteiger partial charge in [0.1, 0.15) is 11.7 Å². The number of pyridine rings is 1. The minimum absolute atomic E-state index is 0.0107. The lowest BCUT2D eigenvalue weighted by Crippen LogP contribution is -2.41. The maximum absolute atomic E-state index is 12.4. The predicted molar refractivity (Wildman–Crippen MR) is 102 cm³/mol. The molecule has 1 fully saturated rings. The van der Waals surface area contributed by atoms with E-state index in [0.29, 0.717) is 30.5 Å². The molecule has 2 aromatic heterocycles. The summed E-state index contributed by atoms with van der Waals surface area (Å²) in [4.78, 5) is 21.7. The van der Waals surface area contributed by atoms with Gasteiger partial charge >= 0.3 is 6.03 Å². The molecule has 0 unspecified atom stereocenters. The zero-order valence-corrected chi connectivity index (χ0v) is 15.5. The van der Waals surface area contributed by atoms with Crippen molar-refractivity contribution in [3.63, 3.8) is 0 Å². The number of carbonyl (C=O) groups excluding carboxylic acids is 1. The summed E-state index contributed by atoms with van der Waals surface area (Å²) in [5, 5.41) is 16.9. The molecule has 0 saturated carbocycles. The first-order valence-corrected chi connectivity index (χ1v) is 9.19. The Bertz CT molecular complexity index is 821. The lowest BCUT2D eigenvalue weighted by Gasteiger charge is -2.21. The van der Waals surface area contributed by atoms with Gasteiger partial charge in [-0.1, -0.05) is 20.8 Å². The molecule has 7 nitrogen and oxygen atoms in total. The highest BCUT2D eigenvalue weighted by atomic mass is 16.2. The first-order valence-electron chi connectivity index (χ1n) is 9.19. The van der Waals surface area contributed by atoms with E-state index < -0.39 is 0 Å². The molecule has 2 atom stereocenters. The number of nitriles is 1. The molecule has 138 valence electrons. The first-order chi connectivity index (χ1) is 12.5. The Balaban J connectivity index is 1.78. The third-order valence-electron chi connectivity index (χ3n) is 4.95. The Hall–Kier alpha value is -2.75. The topological polar surface area (TPSA) is 96.8 Å². The van der Waals surface area contributed by atoms with Crippen LogP contribution in [0.1, 0.15) is 32.8 Å². The predicted octanol–water partition coefficient (Wildman–Crippen LogP) is 2.92. The lowest BCUT2D eigenvalue weighted by atomic mass is 10.00. The summed E-state index contributed by atoms with van der Waals surface area (Å²) >= 11 is 0. The van der Waals surface area contributed by atoms with E-state index in [4.69, 9.17) is 0 Å². The average Bonchev–Trinajstić information content (AvgIpc) is 3.26. The highest BCUT2D eigenvalue weighted by Gasteiger charge is 2.34. The molecular formula is C19H26N6O. The maximum atomic E-state index is 12.4. The number of fused-ring (bicyclic) bond motifs is 1. The van der Waals surface area contributed by atoms with Crippen LogP contribution in [0.15, 0.2) is 18.5 Å². The molecule has 1 saturated heterocycles. The number of amides is 2. The number of likely N-dealkylation sites (tertiary alicyclic amines) is 1. The summed E-state index contributed by atoms with van der Waals surface area (Å²) in [5.41, 5.74) is 2.07. The number of aromatic nitrogens is 2. The zero-order chi connectivity index (χ0) is 18.7. The number of urea groups is 1. The molecule has 3 rings (SSSR count). The number of aromatic amines is 1. The van der Waals surface area contributed by atoms with Gasteiger partial charge in [0.25, 0.3) is 0 Å². The standard InChI is InChI=1S/C19H26N6O/c1-4-13-10-25(19(26)23-8-12(2)3)11-16(13)24-17-14(7-20)9-22-18-15(17)5-6-21-18/h5-6,9,12-13,16H,4,8,10-11H2,1-3H3,(H,23,26)(H2,21,22,24)/t13-,16+/m0/s1. The van der Waals surface area contributed by atoms with E-state index in [2.05, 4.69) is 47.4 Å². The van der Waals surface area contributed by atoms with E-state index in [-0.39, 0.29) is 12.1 Å². The summed E-state index contributed by atoms with van der Waals surface area (Å²) in [6.07, 6.45) is 4.38. The Kier molecular flexibility index (Phi) is 5.31. The highest BCUT2D eigenvalue weighted by molar-refractivity contribution is 5.92. The van der Waals surface area contributed by atoms with Crippen LogP contribution in [0.25, 0.3) is 11.0 Å². The van der Waals surface area contributed by atoms with Crippen molar-refractivity contribution >= 4 is 22.8 Å². The van der Waals surface area contributed by atoms with E-state index >= 15 is 0 Å². The molecule has 1 aliphatic rings. The van der Waals surface area contributed by atoms with Gasteiger partial charge in [-0.15, -0.1) is 0 Å². The van der Waals surface area contributed by atoms with Crippen molar-refractivity contribution in [1.29, 1.82) is 5.26 Å². The third kappa shape index (κ3) is 3.59. The molecule has 2 amide bonds. The van der Waals surface area contributed by atoms with Gasteiger partial charge < -0.3 is 20.5 Å². The van der Waals surface area contributed by atoms with Crippen LogP contribution in [0.4, 0.5) is 10.5 Å². The highest BCUT2D eigenvalue weighted by Crippen LogP contribution is 2.30. The van der Waals surface area contributed by atoms with Crippen molar-refractivity contribution in [3.8, 4) is 6.07 Å². The maximum Gasteiger partial charge on any atom is 0.317 e. The number of rotatable bonds is 5. The van der Waals surface area contributed by atoms with Crippen molar-refractivity contribution in [2.45, 2.75) is 33.2 Å². The first kappa shape index (κ1) is 18.1. The number of nitrogens with zero attached hydrogens (tertiary/aromatic N) is 3. The van der Waals surface area contributed by atoms with Crippen molar-refractivity contribution in [2.75, 3.05) is 25.0 Å². The van der Waals surface area contributed by atoms with Crippen LogP contribution in [-0.2, 0) is 0 Å². The molecule has 0 bridgehead atoms. The van der Waals surface area contributed by atoms with Gasteiger partial charge in [0.05, 0.1) is 11.3 Å². The minimum atomic E-state index is -0.0107. The fourth-order valence-corrected chi connectivity index (χ4v) is 3.45. The van der Waals surface area contributed by atoms with Crippen LogP contribution >= 0.6 is 0 Å². The molecule has 0 aromatic carbocycles. The number of H-pyrrole nitrogens is 1. The van der Waals surface area contributed by atoms with Crippen molar-refractivity contribution in [1.82, 2.24) is 20.2 Å². The number of hydrogen-bond acceptors (Lipinski definition) is 4. The van der Waals surface area contributed by atoms with Gasteiger partial charge in [-0.3, -0.25) is 0 Å². The van der Waals surface area contributed by atoms with Crippen molar-refractivity contribution in [3.05, 3.63) is 24.0 Å². The quantitative estimate of drug-likeness (QED) is 0.769. The zero-order valence-electron chi connectivity index (χ0n) is 15.5. The molecule has 3 N–H and O–H groups in total. The normalized spacial score (nSPS) is 19.7. The SMILES string of the molecule is CC[C@H]1CN(C(=O)NCC(C)C)C[C@H]1Nc1c(C#N)cnc2[nH]ccc12. The average molecular weight is 354 g/mol. The Morgan fingerprint density at radius 3 is 3.00 bits per heavy atom. The van der Waals surface area contributed by atoms with E-state index in [0.717, 1.165) is 29.7 Å². The summed E-state index contributed by atoms with van der Waals surface area (Å²) in [6, 6.07) is 4.24. The molecule has 0 aliphatic carbocycles. The number of nitrogens with one attached hydrogen (secondary N) is 3. The Morgan fingerprint density at radius 2 is 2.31 bits per heavy atom. The molecule has 3 heterocycles.